The van der Waals surface area contributed by atoms with Crippen molar-refractivity contribution in [2.45, 2.75) is 43.8 Å². The highest BCUT2D eigenvalue weighted by molar-refractivity contribution is 7.97. The normalized spacial score (nSPS) is 21.3. The highest BCUT2D eigenvalue weighted by Gasteiger charge is 2.51. The van der Waals surface area contributed by atoms with Gasteiger partial charge in [-0.2, -0.15) is 0 Å². The van der Waals surface area contributed by atoms with Crippen molar-refractivity contribution < 1.29 is 9.31 Å². The number of nitrogen functional groups attached to an aromatic ring is 1. The molecule has 1 saturated heterocycles. The lowest BCUT2D eigenvalue weighted by Gasteiger charge is -2.32. The summed E-state index contributed by atoms with van der Waals surface area (Å²) in [6, 6.07) is 5.69. The van der Waals surface area contributed by atoms with E-state index < -0.39 is 0 Å². The van der Waals surface area contributed by atoms with Crippen LogP contribution in [-0.2, 0) is 9.31 Å². The Bertz CT molecular complexity index is 449. The van der Waals surface area contributed by atoms with Crippen molar-refractivity contribution in [2.24, 2.45) is 5.14 Å². The van der Waals surface area contributed by atoms with Gasteiger partial charge in [0.2, 0.25) is 0 Å². The number of anilines is 1. The van der Waals surface area contributed by atoms with Crippen LogP contribution in [0.5, 0.6) is 0 Å². The van der Waals surface area contributed by atoms with E-state index in [9.17, 15) is 0 Å². The van der Waals surface area contributed by atoms with Crippen molar-refractivity contribution >= 4 is 30.2 Å². The highest BCUT2D eigenvalue weighted by Crippen LogP contribution is 2.36. The summed E-state index contributed by atoms with van der Waals surface area (Å²) in [4.78, 5) is 0.857. The molecular formula is C12H19BN2O2S. The van der Waals surface area contributed by atoms with Gasteiger partial charge in [-0.25, -0.2) is 0 Å². The summed E-state index contributed by atoms with van der Waals surface area (Å²) < 4.78 is 11.9. The third-order valence-corrected chi connectivity index (χ3v) is 4.31. The maximum atomic E-state index is 5.96. The lowest BCUT2D eigenvalue weighted by molar-refractivity contribution is 0.00578. The zero-order valence-corrected chi connectivity index (χ0v) is 12.0. The lowest BCUT2D eigenvalue weighted by atomic mass is 9.79. The van der Waals surface area contributed by atoms with Gasteiger partial charge in [0.15, 0.2) is 0 Å². The summed E-state index contributed by atoms with van der Waals surface area (Å²) in [7, 11) is -0.380. The van der Waals surface area contributed by atoms with Crippen molar-refractivity contribution in [1.29, 1.82) is 0 Å². The van der Waals surface area contributed by atoms with Crippen LogP contribution in [0.4, 0.5) is 5.69 Å². The van der Waals surface area contributed by atoms with Gasteiger partial charge in [0, 0.05) is 10.6 Å². The molecule has 1 aromatic carbocycles. The van der Waals surface area contributed by atoms with Crippen molar-refractivity contribution in [3.8, 4) is 0 Å². The van der Waals surface area contributed by atoms with Crippen LogP contribution in [0.2, 0.25) is 0 Å². The van der Waals surface area contributed by atoms with Gasteiger partial charge in [0.05, 0.1) is 11.2 Å². The van der Waals surface area contributed by atoms with E-state index in [1.165, 1.54) is 0 Å². The summed E-state index contributed by atoms with van der Waals surface area (Å²) in [5.41, 5.74) is 6.81. The molecular weight excluding hydrogens is 247 g/mol. The number of nitrogens with two attached hydrogens (primary N) is 2. The molecule has 2 rings (SSSR count). The molecule has 0 aliphatic carbocycles. The standard InChI is InChI=1S/C12H19BN2O2S/c1-11(2)12(3,4)17-13(16-11)8-5-6-10(18-15)9(14)7-8/h5-7H,14-15H2,1-4H3. The molecule has 1 aliphatic heterocycles. The first-order valence-electron chi connectivity index (χ1n) is 5.88. The number of hydrogen-bond donors (Lipinski definition) is 2. The fourth-order valence-corrected chi connectivity index (χ4v) is 2.14. The second-order valence-electron chi connectivity index (χ2n) is 5.50. The number of hydrogen-bond acceptors (Lipinski definition) is 5. The number of benzene rings is 1. The molecule has 4 N–H and O–H groups in total. The summed E-state index contributed by atoms with van der Waals surface area (Å²) in [6.07, 6.45) is 0. The third-order valence-electron chi connectivity index (χ3n) is 3.69. The molecule has 1 heterocycles. The van der Waals surface area contributed by atoms with Crippen LogP contribution >= 0.6 is 11.9 Å². The van der Waals surface area contributed by atoms with Gasteiger partial charge in [0.25, 0.3) is 0 Å². The van der Waals surface area contributed by atoms with E-state index in [0.29, 0.717) is 5.69 Å². The summed E-state index contributed by atoms with van der Waals surface area (Å²) in [5, 5.41) is 5.51. The zero-order chi connectivity index (χ0) is 13.6. The Morgan fingerprint density at radius 1 is 1.11 bits per heavy atom. The molecule has 0 atom stereocenters. The smallest absolute Gasteiger partial charge is 0.399 e. The molecule has 0 aromatic heterocycles. The molecule has 1 aliphatic rings. The molecule has 0 bridgehead atoms. The van der Waals surface area contributed by atoms with Crippen LogP contribution in [0.1, 0.15) is 27.7 Å². The lowest BCUT2D eigenvalue weighted by Crippen LogP contribution is -2.41. The SMILES string of the molecule is CC1(C)OB(c2ccc(SN)c(N)c2)OC1(C)C. The van der Waals surface area contributed by atoms with Gasteiger partial charge < -0.3 is 15.0 Å². The minimum absolute atomic E-state index is 0.340. The van der Waals surface area contributed by atoms with E-state index in [-0.39, 0.29) is 18.3 Å². The molecule has 98 valence electrons. The fourth-order valence-electron chi connectivity index (χ4n) is 1.80. The van der Waals surface area contributed by atoms with Crippen molar-refractivity contribution in [3.63, 3.8) is 0 Å². The predicted octanol–water partition coefficient (Wildman–Crippen LogP) is 1.53. The second kappa shape index (κ2) is 4.45. The average Bonchev–Trinajstić information content (AvgIpc) is 2.48. The molecule has 0 spiro atoms. The van der Waals surface area contributed by atoms with Gasteiger partial charge in [-0.3, -0.25) is 5.14 Å². The Labute approximate surface area is 113 Å². The van der Waals surface area contributed by atoms with Gasteiger partial charge in [-0.15, -0.1) is 0 Å². The quantitative estimate of drug-likeness (QED) is 0.482. The van der Waals surface area contributed by atoms with E-state index in [4.69, 9.17) is 20.2 Å². The third kappa shape index (κ3) is 2.25. The predicted molar refractivity (Wildman–Crippen MR) is 76.6 cm³/mol. The molecule has 18 heavy (non-hydrogen) atoms. The Morgan fingerprint density at radius 2 is 1.67 bits per heavy atom. The Hall–Kier alpha value is -0.685. The molecule has 0 radical (unpaired) electrons. The minimum atomic E-state index is -0.380. The first kappa shape index (κ1) is 13.7. The van der Waals surface area contributed by atoms with E-state index in [0.717, 1.165) is 22.3 Å². The van der Waals surface area contributed by atoms with E-state index in [1.54, 1.807) is 0 Å². The van der Waals surface area contributed by atoms with Crippen LogP contribution in [0, 0.1) is 0 Å². The monoisotopic (exact) mass is 266 g/mol. The van der Waals surface area contributed by atoms with E-state index >= 15 is 0 Å². The second-order valence-corrected chi connectivity index (χ2v) is 6.18. The first-order chi connectivity index (χ1) is 8.27. The average molecular weight is 266 g/mol. The largest absolute Gasteiger partial charge is 0.494 e. The van der Waals surface area contributed by atoms with E-state index in [2.05, 4.69) is 0 Å². The minimum Gasteiger partial charge on any atom is -0.399 e. The van der Waals surface area contributed by atoms with Gasteiger partial charge >= 0.3 is 7.12 Å². The van der Waals surface area contributed by atoms with Crippen molar-refractivity contribution in [1.82, 2.24) is 0 Å². The first-order valence-corrected chi connectivity index (χ1v) is 6.76. The molecule has 0 amide bonds. The fraction of sp³-hybridized carbons (Fsp3) is 0.500. The molecule has 0 saturated carbocycles. The zero-order valence-electron chi connectivity index (χ0n) is 11.2. The van der Waals surface area contributed by atoms with Crippen LogP contribution in [0.15, 0.2) is 23.1 Å². The topological polar surface area (TPSA) is 70.5 Å². The Balaban J connectivity index is 2.27. The maximum absolute atomic E-state index is 5.96. The molecule has 1 aromatic rings. The molecule has 6 heteroatoms. The van der Waals surface area contributed by atoms with Crippen LogP contribution in [0.3, 0.4) is 0 Å². The Kier molecular flexibility index (Phi) is 3.40. The molecule has 1 fully saturated rings. The highest BCUT2D eigenvalue weighted by atomic mass is 32.2. The molecule has 0 unspecified atom stereocenters. The summed E-state index contributed by atoms with van der Waals surface area (Å²) in [5.74, 6) is 0. The van der Waals surface area contributed by atoms with Crippen molar-refractivity contribution in [2.75, 3.05) is 5.73 Å². The Morgan fingerprint density at radius 3 is 2.11 bits per heavy atom. The van der Waals surface area contributed by atoms with Crippen molar-refractivity contribution in [3.05, 3.63) is 18.2 Å². The van der Waals surface area contributed by atoms with Gasteiger partial charge in [-0.05, 0) is 57.2 Å². The van der Waals surface area contributed by atoms with Crippen LogP contribution in [-0.4, -0.2) is 18.3 Å². The van der Waals surface area contributed by atoms with Gasteiger partial charge in [-0.1, -0.05) is 6.07 Å². The number of rotatable bonds is 2. The van der Waals surface area contributed by atoms with Crippen LogP contribution in [0.25, 0.3) is 0 Å². The summed E-state index contributed by atoms with van der Waals surface area (Å²) >= 11 is 1.14. The molecule has 4 nitrogen and oxygen atoms in total. The maximum Gasteiger partial charge on any atom is 0.494 e. The summed E-state index contributed by atoms with van der Waals surface area (Å²) in [6.45, 7) is 8.11. The van der Waals surface area contributed by atoms with Gasteiger partial charge in [0.1, 0.15) is 0 Å². The van der Waals surface area contributed by atoms with E-state index in [1.807, 2.05) is 45.9 Å². The van der Waals surface area contributed by atoms with Crippen LogP contribution < -0.4 is 16.3 Å².